The van der Waals surface area contributed by atoms with Gasteiger partial charge < -0.3 is 23.8 Å². The molecule has 1 unspecified atom stereocenters. The first-order valence-electron chi connectivity index (χ1n) is 12.7. The fraction of sp³-hybridized carbons (Fsp3) is 0.407. The molecular formula is C27H26ClF3N4O5S. The number of carbonyl (C=O) groups excluding carboxylic acids is 1. The number of hydrogen-bond donors (Lipinski definition) is 0. The zero-order chi connectivity index (χ0) is 29.3. The highest BCUT2D eigenvalue weighted by Gasteiger charge is 2.36. The lowest BCUT2D eigenvalue weighted by molar-refractivity contribution is -0.139. The lowest BCUT2D eigenvalue weighted by atomic mass is 9.97. The Hall–Kier alpha value is -3.58. The maximum atomic E-state index is 13.2. The molecule has 0 bridgehead atoms. The fourth-order valence-electron chi connectivity index (χ4n) is 5.03. The number of halogens is 4. The number of likely N-dealkylation sites (tertiary alicyclic amines) is 1. The van der Waals surface area contributed by atoms with Gasteiger partial charge in [0.05, 0.1) is 35.5 Å². The number of methoxy groups -OCH3 is 2. The van der Waals surface area contributed by atoms with E-state index in [9.17, 15) is 22.8 Å². The standard InChI is InChI=1S/C27H26ClF3N4O5S/c1-38-20-4-3-5-21(39-2)24(20)22-11-18(33-40-22)19-14-41-25(32-19)15-6-8-34(9-7-15)23(36)13-35-12-16(28)10-17(26(35)37)27(29,30)31/h3-5,10,12,14-15,22H,6-9,11,13H2,1-2H3. The van der Waals surface area contributed by atoms with Crippen LogP contribution in [0.2, 0.25) is 5.02 Å². The summed E-state index contributed by atoms with van der Waals surface area (Å²) in [5, 5.41) is 6.84. The van der Waals surface area contributed by atoms with Gasteiger partial charge in [-0.1, -0.05) is 22.8 Å². The smallest absolute Gasteiger partial charge is 0.421 e. The molecule has 0 radical (unpaired) electrons. The first kappa shape index (κ1) is 28.9. The summed E-state index contributed by atoms with van der Waals surface area (Å²) in [7, 11) is 3.17. The molecule has 14 heteroatoms. The van der Waals surface area contributed by atoms with E-state index in [0.29, 0.717) is 60.2 Å². The number of oxime groups is 1. The van der Waals surface area contributed by atoms with Crippen LogP contribution in [-0.4, -0.2) is 53.4 Å². The highest BCUT2D eigenvalue weighted by molar-refractivity contribution is 7.10. The van der Waals surface area contributed by atoms with Crippen molar-refractivity contribution in [3.63, 3.8) is 0 Å². The van der Waals surface area contributed by atoms with Gasteiger partial charge >= 0.3 is 6.18 Å². The van der Waals surface area contributed by atoms with E-state index in [-0.39, 0.29) is 17.0 Å². The molecule has 218 valence electrons. The molecule has 0 saturated carbocycles. The Morgan fingerprint density at radius 2 is 1.88 bits per heavy atom. The van der Waals surface area contributed by atoms with Crippen LogP contribution in [0, 0.1) is 0 Å². The van der Waals surface area contributed by atoms with Crippen molar-refractivity contribution in [2.75, 3.05) is 27.3 Å². The summed E-state index contributed by atoms with van der Waals surface area (Å²) in [5.74, 6) is 0.951. The molecule has 0 spiro atoms. The van der Waals surface area contributed by atoms with E-state index in [2.05, 4.69) is 5.16 Å². The number of amides is 1. The molecule has 1 atom stereocenters. The van der Waals surface area contributed by atoms with Gasteiger partial charge in [0.2, 0.25) is 5.91 Å². The SMILES string of the molecule is COc1cccc(OC)c1C1CC(c2csc(C3CCN(C(=O)Cn4cc(Cl)cc(C(F)(F)F)c4=O)CC3)n2)=NO1. The molecule has 0 aliphatic carbocycles. The molecule has 3 aromatic rings. The van der Waals surface area contributed by atoms with Crippen LogP contribution in [-0.2, 0) is 22.4 Å². The zero-order valence-electron chi connectivity index (χ0n) is 22.1. The van der Waals surface area contributed by atoms with Gasteiger partial charge in [-0.15, -0.1) is 11.3 Å². The number of nitrogens with zero attached hydrogens (tertiary/aromatic N) is 4. The van der Waals surface area contributed by atoms with Crippen LogP contribution < -0.4 is 15.0 Å². The number of thiazole rings is 1. The number of piperidine rings is 1. The van der Waals surface area contributed by atoms with Crippen LogP contribution in [0.25, 0.3) is 0 Å². The van der Waals surface area contributed by atoms with Gasteiger partial charge in [0, 0.05) is 37.0 Å². The van der Waals surface area contributed by atoms with Crippen molar-refractivity contribution in [2.45, 2.75) is 44.0 Å². The average Bonchev–Trinajstić information content (AvgIpc) is 3.64. The largest absolute Gasteiger partial charge is 0.496 e. The van der Waals surface area contributed by atoms with Gasteiger partial charge in [-0.3, -0.25) is 9.59 Å². The van der Waals surface area contributed by atoms with Crippen molar-refractivity contribution < 1.29 is 32.3 Å². The normalized spacial score (nSPS) is 17.8. The number of aromatic nitrogens is 2. The Balaban J connectivity index is 1.20. The maximum absolute atomic E-state index is 13.2. The lowest BCUT2D eigenvalue weighted by Crippen LogP contribution is -2.41. The number of benzene rings is 1. The molecule has 41 heavy (non-hydrogen) atoms. The topological polar surface area (TPSA) is 95.2 Å². The second kappa shape index (κ2) is 11.7. The molecular weight excluding hydrogens is 585 g/mol. The van der Waals surface area contributed by atoms with E-state index in [0.717, 1.165) is 22.5 Å². The summed E-state index contributed by atoms with van der Waals surface area (Å²) < 4.78 is 51.2. The third kappa shape index (κ3) is 6.05. The number of pyridine rings is 1. The minimum atomic E-state index is -4.87. The molecule has 1 saturated heterocycles. The number of rotatable bonds is 7. The van der Waals surface area contributed by atoms with E-state index in [4.69, 9.17) is 30.9 Å². The second-order valence-corrected chi connectivity index (χ2v) is 11.0. The minimum absolute atomic E-state index is 0.108. The molecule has 1 aromatic carbocycles. The van der Waals surface area contributed by atoms with E-state index in [1.807, 2.05) is 23.6 Å². The monoisotopic (exact) mass is 610 g/mol. The lowest BCUT2D eigenvalue weighted by Gasteiger charge is -2.31. The Kier molecular flexibility index (Phi) is 8.28. The van der Waals surface area contributed by atoms with Crippen LogP contribution in [0.4, 0.5) is 13.2 Å². The number of hydrogen-bond acceptors (Lipinski definition) is 8. The first-order valence-corrected chi connectivity index (χ1v) is 14.0. The van der Waals surface area contributed by atoms with Gasteiger partial charge in [-0.2, -0.15) is 13.2 Å². The first-order chi connectivity index (χ1) is 19.6. The van der Waals surface area contributed by atoms with Crippen molar-refractivity contribution in [1.82, 2.24) is 14.5 Å². The predicted octanol–water partition coefficient (Wildman–Crippen LogP) is 5.27. The predicted molar refractivity (Wildman–Crippen MR) is 146 cm³/mol. The highest BCUT2D eigenvalue weighted by atomic mass is 35.5. The zero-order valence-corrected chi connectivity index (χ0v) is 23.7. The Labute approximate surface area is 242 Å². The van der Waals surface area contributed by atoms with Crippen LogP contribution in [0.1, 0.15) is 53.1 Å². The minimum Gasteiger partial charge on any atom is -0.496 e. The van der Waals surface area contributed by atoms with E-state index >= 15 is 0 Å². The maximum Gasteiger partial charge on any atom is 0.421 e. The number of ether oxygens (including phenoxy) is 2. The Morgan fingerprint density at radius 3 is 2.51 bits per heavy atom. The van der Waals surface area contributed by atoms with Crippen LogP contribution >= 0.6 is 22.9 Å². The molecule has 1 amide bonds. The summed E-state index contributed by atoms with van der Waals surface area (Å²) in [5.41, 5.74) is -0.491. The van der Waals surface area contributed by atoms with Crippen LogP contribution in [0.15, 0.2) is 45.8 Å². The average molecular weight is 611 g/mol. The Morgan fingerprint density at radius 1 is 1.20 bits per heavy atom. The summed E-state index contributed by atoms with van der Waals surface area (Å²) in [6.07, 6.45) is -2.45. The van der Waals surface area contributed by atoms with E-state index in [1.54, 1.807) is 19.1 Å². The quantitative estimate of drug-likeness (QED) is 0.362. The molecule has 0 N–H and O–H groups in total. The fourth-order valence-corrected chi connectivity index (χ4v) is 6.26. The summed E-state index contributed by atoms with van der Waals surface area (Å²) in [6, 6.07) is 6.08. The van der Waals surface area contributed by atoms with E-state index in [1.165, 1.54) is 11.3 Å². The van der Waals surface area contributed by atoms with Crippen LogP contribution in [0.3, 0.4) is 0 Å². The molecule has 1 fully saturated rings. The van der Waals surface area contributed by atoms with Crippen molar-refractivity contribution in [3.05, 3.63) is 73.0 Å². The van der Waals surface area contributed by atoms with Gasteiger partial charge in [0.1, 0.15) is 29.3 Å². The van der Waals surface area contributed by atoms with Crippen molar-refractivity contribution in [2.24, 2.45) is 5.16 Å². The molecule has 5 rings (SSSR count). The van der Waals surface area contributed by atoms with Crippen molar-refractivity contribution in [3.8, 4) is 11.5 Å². The van der Waals surface area contributed by atoms with Gasteiger partial charge in [0.15, 0.2) is 6.10 Å². The third-order valence-corrected chi connectivity index (χ3v) is 8.35. The van der Waals surface area contributed by atoms with Gasteiger partial charge in [0.25, 0.3) is 5.56 Å². The van der Waals surface area contributed by atoms with E-state index < -0.39 is 29.8 Å². The second-order valence-electron chi connectivity index (χ2n) is 9.64. The highest BCUT2D eigenvalue weighted by Crippen LogP contribution is 2.41. The number of carbonyl (C=O) groups is 1. The number of alkyl halides is 3. The van der Waals surface area contributed by atoms with Crippen molar-refractivity contribution in [1.29, 1.82) is 0 Å². The molecule has 2 aromatic heterocycles. The molecule has 2 aliphatic rings. The van der Waals surface area contributed by atoms with Gasteiger partial charge in [-0.05, 0) is 31.0 Å². The van der Waals surface area contributed by atoms with Crippen LogP contribution in [0.5, 0.6) is 11.5 Å². The van der Waals surface area contributed by atoms with Crippen molar-refractivity contribution >= 4 is 34.6 Å². The summed E-state index contributed by atoms with van der Waals surface area (Å²) in [4.78, 5) is 37.2. The van der Waals surface area contributed by atoms with Gasteiger partial charge in [-0.25, -0.2) is 4.98 Å². The molecule has 4 heterocycles. The molecule has 9 nitrogen and oxygen atoms in total. The Bertz CT molecular complexity index is 1510. The molecule has 2 aliphatic heterocycles. The summed E-state index contributed by atoms with van der Waals surface area (Å²) in [6.45, 7) is 0.256. The summed E-state index contributed by atoms with van der Waals surface area (Å²) >= 11 is 7.29. The third-order valence-electron chi connectivity index (χ3n) is 7.13.